The molecule has 2 atom stereocenters. The molecule has 0 fully saturated rings. The SMILES string of the molecule is C[C@H](NC(=O)OCc1ccccc1)C(=O)Cn1cc[n+](CC(=O)[C@H](C)NC(=O)OCc2ccccc2)c1. The number of alkyl carbamates (subject to hydrolysis) is 2. The van der Waals surface area contributed by atoms with Gasteiger partial charge in [-0.05, 0) is 25.0 Å². The van der Waals surface area contributed by atoms with E-state index in [0.717, 1.165) is 11.1 Å². The van der Waals surface area contributed by atoms with Crippen molar-refractivity contribution in [1.82, 2.24) is 15.2 Å². The van der Waals surface area contributed by atoms with E-state index in [2.05, 4.69) is 10.6 Å². The average Bonchev–Trinajstić information content (AvgIpc) is 3.33. The van der Waals surface area contributed by atoms with E-state index in [-0.39, 0.29) is 37.9 Å². The fourth-order valence-corrected chi connectivity index (χ4v) is 3.30. The lowest BCUT2D eigenvalue weighted by atomic mass is 10.2. The van der Waals surface area contributed by atoms with Gasteiger partial charge in [-0.1, -0.05) is 60.7 Å². The lowest BCUT2D eigenvalue weighted by molar-refractivity contribution is -0.683. The first-order chi connectivity index (χ1) is 17.8. The second kappa shape index (κ2) is 13.6. The number of carbonyl (C=O) groups excluding carboxylic acids is 4. The van der Waals surface area contributed by atoms with Crippen LogP contribution in [0.2, 0.25) is 0 Å². The van der Waals surface area contributed by atoms with Crippen molar-refractivity contribution in [2.45, 2.75) is 52.2 Å². The van der Waals surface area contributed by atoms with Crippen LogP contribution < -0.4 is 15.2 Å². The normalized spacial score (nSPS) is 12.2. The summed E-state index contributed by atoms with van der Waals surface area (Å²) in [6.45, 7) is 3.38. The maximum absolute atomic E-state index is 12.5. The van der Waals surface area contributed by atoms with Gasteiger partial charge in [0.2, 0.25) is 6.33 Å². The van der Waals surface area contributed by atoms with Crippen LogP contribution in [0.1, 0.15) is 25.0 Å². The largest absolute Gasteiger partial charge is 0.445 e. The summed E-state index contributed by atoms with van der Waals surface area (Å²) in [4.78, 5) is 49.0. The van der Waals surface area contributed by atoms with E-state index >= 15 is 0 Å². The molecule has 0 unspecified atom stereocenters. The summed E-state index contributed by atoms with van der Waals surface area (Å²) in [5.74, 6) is -0.469. The van der Waals surface area contributed by atoms with Gasteiger partial charge in [-0.25, -0.2) is 18.7 Å². The zero-order valence-corrected chi connectivity index (χ0v) is 20.8. The molecular formula is C27H31N4O6+. The zero-order valence-electron chi connectivity index (χ0n) is 20.8. The molecule has 1 heterocycles. The Bertz CT molecular complexity index is 1100. The van der Waals surface area contributed by atoms with Crippen LogP contribution in [0.4, 0.5) is 9.59 Å². The third kappa shape index (κ3) is 9.25. The predicted molar refractivity (Wildman–Crippen MR) is 133 cm³/mol. The molecule has 10 nitrogen and oxygen atoms in total. The Balaban J connectivity index is 1.39. The molecule has 0 aliphatic rings. The molecule has 2 amide bonds. The van der Waals surface area contributed by atoms with Gasteiger partial charge in [0.1, 0.15) is 25.6 Å². The van der Waals surface area contributed by atoms with E-state index in [1.54, 1.807) is 41.7 Å². The molecule has 0 bridgehead atoms. The van der Waals surface area contributed by atoms with Gasteiger partial charge < -0.3 is 20.1 Å². The summed E-state index contributed by atoms with van der Waals surface area (Å²) in [5, 5.41) is 5.05. The maximum atomic E-state index is 12.5. The summed E-state index contributed by atoms with van der Waals surface area (Å²) >= 11 is 0. The van der Waals surface area contributed by atoms with E-state index in [1.807, 2.05) is 60.7 Å². The van der Waals surface area contributed by atoms with Crippen LogP contribution in [0.25, 0.3) is 0 Å². The number of benzene rings is 2. The highest BCUT2D eigenvalue weighted by Crippen LogP contribution is 2.02. The van der Waals surface area contributed by atoms with Crippen LogP contribution in [0, 0.1) is 0 Å². The Morgan fingerprint density at radius 2 is 1.27 bits per heavy atom. The Hall–Kier alpha value is -4.47. The molecule has 0 aliphatic heterocycles. The first kappa shape index (κ1) is 27.1. The lowest BCUT2D eigenvalue weighted by Gasteiger charge is -2.12. The van der Waals surface area contributed by atoms with Crippen LogP contribution in [-0.2, 0) is 45.4 Å². The van der Waals surface area contributed by atoms with Crippen molar-refractivity contribution in [2.75, 3.05) is 0 Å². The number of amides is 2. The molecule has 0 saturated heterocycles. The van der Waals surface area contributed by atoms with Gasteiger partial charge in [0.05, 0.1) is 12.1 Å². The first-order valence-corrected chi connectivity index (χ1v) is 11.8. The van der Waals surface area contributed by atoms with E-state index < -0.39 is 24.3 Å². The second-order valence-corrected chi connectivity index (χ2v) is 8.55. The molecule has 1 aromatic heterocycles. The standard InChI is InChI=1S/C27H30N4O6/c1-20(28-26(34)36-17-22-9-5-3-6-10-22)24(32)15-30-13-14-31(19-30)16-25(33)21(2)29-27(35)37-18-23-11-7-4-8-12-23/h3-14,19-21H,15-18H2,1-2H3,(H-,28,29,34,35)/p+1/t20-,21-/m0/s1. The van der Waals surface area contributed by atoms with Gasteiger partial charge in [-0.2, -0.15) is 0 Å². The number of hydrogen-bond donors (Lipinski definition) is 2. The number of ketones is 2. The monoisotopic (exact) mass is 507 g/mol. The van der Waals surface area contributed by atoms with Crippen molar-refractivity contribution in [1.29, 1.82) is 0 Å². The summed E-state index contributed by atoms with van der Waals surface area (Å²) in [6, 6.07) is 16.9. The summed E-state index contributed by atoms with van der Waals surface area (Å²) < 4.78 is 13.5. The highest BCUT2D eigenvalue weighted by atomic mass is 16.6. The summed E-state index contributed by atoms with van der Waals surface area (Å²) in [6.07, 6.45) is 3.55. The molecule has 0 spiro atoms. The molecule has 3 aromatic rings. The average molecular weight is 508 g/mol. The quantitative estimate of drug-likeness (QED) is 0.364. The van der Waals surface area contributed by atoms with Crippen LogP contribution in [-0.4, -0.2) is 40.4 Å². The lowest BCUT2D eigenvalue weighted by Crippen LogP contribution is -2.46. The van der Waals surface area contributed by atoms with Gasteiger partial charge in [0.25, 0.3) is 0 Å². The van der Waals surface area contributed by atoms with Crippen LogP contribution >= 0.6 is 0 Å². The number of imidazole rings is 1. The molecule has 37 heavy (non-hydrogen) atoms. The third-order valence-corrected chi connectivity index (χ3v) is 5.48. The number of nitrogens with zero attached hydrogens (tertiary/aromatic N) is 2. The van der Waals surface area contributed by atoms with Crippen molar-refractivity contribution in [3.63, 3.8) is 0 Å². The molecule has 2 N–H and O–H groups in total. The van der Waals surface area contributed by atoms with Crippen molar-refractivity contribution >= 4 is 23.8 Å². The number of ether oxygens (including phenoxy) is 2. The van der Waals surface area contributed by atoms with Gasteiger partial charge in [-0.15, -0.1) is 0 Å². The predicted octanol–water partition coefficient (Wildman–Crippen LogP) is 2.54. The van der Waals surface area contributed by atoms with E-state index in [4.69, 9.17) is 9.47 Å². The van der Waals surface area contributed by atoms with Crippen molar-refractivity contribution in [3.05, 3.63) is 90.5 Å². The number of aromatic nitrogens is 2. The molecule has 10 heteroatoms. The molecule has 3 rings (SSSR count). The number of carbonyl (C=O) groups is 4. The fraction of sp³-hybridized carbons (Fsp3) is 0.296. The van der Waals surface area contributed by atoms with Gasteiger partial charge in [0, 0.05) is 0 Å². The minimum absolute atomic E-state index is 0.000930. The van der Waals surface area contributed by atoms with Crippen LogP contribution in [0.3, 0.4) is 0 Å². The smallest absolute Gasteiger partial charge is 0.408 e. The van der Waals surface area contributed by atoms with Crippen molar-refractivity contribution in [2.24, 2.45) is 0 Å². The Kier molecular flexibility index (Phi) is 9.95. The fourth-order valence-electron chi connectivity index (χ4n) is 3.30. The minimum atomic E-state index is -0.758. The highest BCUT2D eigenvalue weighted by molar-refractivity contribution is 5.87. The van der Waals surface area contributed by atoms with E-state index in [1.165, 1.54) is 0 Å². The number of nitrogens with one attached hydrogen (secondary N) is 2. The highest BCUT2D eigenvalue weighted by Gasteiger charge is 2.22. The Labute approximate surface area is 215 Å². The second-order valence-electron chi connectivity index (χ2n) is 8.55. The van der Waals surface area contributed by atoms with Crippen molar-refractivity contribution < 1.29 is 33.2 Å². The number of hydrogen-bond acceptors (Lipinski definition) is 6. The topological polar surface area (TPSA) is 120 Å². The van der Waals surface area contributed by atoms with Gasteiger partial charge >= 0.3 is 12.2 Å². The third-order valence-electron chi connectivity index (χ3n) is 5.48. The van der Waals surface area contributed by atoms with E-state index in [9.17, 15) is 19.2 Å². The number of rotatable bonds is 12. The van der Waals surface area contributed by atoms with Crippen LogP contribution in [0.15, 0.2) is 79.4 Å². The van der Waals surface area contributed by atoms with E-state index in [0.29, 0.717) is 0 Å². The number of Topliss-reactive ketones (excluding diaryl/α,β-unsaturated/α-hetero) is 2. The summed E-state index contributed by atoms with van der Waals surface area (Å²) in [7, 11) is 0. The Morgan fingerprint density at radius 1 is 0.784 bits per heavy atom. The summed E-state index contributed by atoms with van der Waals surface area (Å²) in [5.41, 5.74) is 1.69. The van der Waals surface area contributed by atoms with Crippen molar-refractivity contribution in [3.8, 4) is 0 Å². The van der Waals surface area contributed by atoms with Gasteiger partial charge in [0.15, 0.2) is 24.7 Å². The van der Waals surface area contributed by atoms with Crippen LogP contribution in [0.5, 0.6) is 0 Å². The zero-order chi connectivity index (χ0) is 26.6. The van der Waals surface area contributed by atoms with Gasteiger partial charge in [-0.3, -0.25) is 9.59 Å². The Morgan fingerprint density at radius 3 is 1.78 bits per heavy atom. The molecule has 194 valence electrons. The molecule has 0 saturated carbocycles. The molecular weight excluding hydrogens is 476 g/mol. The molecule has 0 radical (unpaired) electrons. The molecule has 0 aliphatic carbocycles. The molecule has 2 aromatic carbocycles. The first-order valence-electron chi connectivity index (χ1n) is 11.8. The maximum Gasteiger partial charge on any atom is 0.408 e. The minimum Gasteiger partial charge on any atom is -0.445 e.